The van der Waals surface area contributed by atoms with Crippen molar-refractivity contribution in [1.29, 1.82) is 0 Å². The van der Waals surface area contributed by atoms with E-state index < -0.39 is 5.97 Å². The molecule has 0 aliphatic heterocycles. The number of rotatable bonds is 7. The summed E-state index contributed by atoms with van der Waals surface area (Å²) >= 11 is 1.38. The lowest BCUT2D eigenvalue weighted by Crippen LogP contribution is -2.38. The first-order chi connectivity index (χ1) is 11.1. The third-order valence-corrected chi connectivity index (χ3v) is 4.71. The van der Waals surface area contributed by atoms with Gasteiger partial charge in [0.05, 0.1) is 5.75 Å². The van der Waals surface area contributed by atoms with Crippen LogP contribution in [0.2, 0.25) is 0 Å². The molecule has 1 aliphatic carbocycles. The Hall–Kier alpha value is -1.56. The van der Waals surface area contributed by atoms with Crippen LogP contribution in [-0.2, 0) is 20.1 Å². The Morgan fingerprint density at radius 1 is 1.17 bits per heavy atom. The van der Waals surface area contributed by atoms with Gasteiger partial charge in [-0.2, -0.15) is 0 Å². The van der Waals surface area contributed by atoms with Crippen molar-refractivity contribution in [3.05, 3.63) is 35.6 Å². The molecule has 0 bridgehead atoms. The maximum absolute atomic E-state index is 12.8. The molecule has 0 radical (unpaired) electrons. The molecule has 1 fully saturated rings. The summed E-state index contributed by atoms with van der Waals surface area (Å²) in [7, 11) is 0. The van der Waals surface area contributed by atoms with E-state index in [1.165, 1.54) is 30.3 Å². The summed E-state index contributed by atoms with van der Waals surface area (Å²) in [5, 5.41) is 2.90. The van der Waals surface area contributed by atoms with Crippen LogP contribution < -0.4 is 5.32 Å². The monoisotopic (exact) mass is 339 g/mol. The zero-order valence-electron chi connectivity index (χ0n) is 13.1. The highest BCUT2D eigenvalue weighted by molar-refractivity contribution is 7.99. The molecule has 0 aromatic heterocycles. The topological polar surface area (TPSA) is 55.4 Å². The van der Waals surface area contributed by atoms with Crippen molar-refractivity contribution < 1.29 is 18.7 Å². The predicted molar refractivity (Wildman–Crippen MR) is 88.5 cm³/mol. The highest BCUT2D eigenvalue weighted by Gasteiger charge is 2.16. The Labute approximate surface area is 140 Å². The number of amides is 1. The van der Waals surface area contributed by atoms with Crippen LogP contribution in [-0.4, -0.2) is 30.3 Å². The maximum Gasteiger partial charge on any atom is 0.316 e. The second-order valence-corrected chi connectivity index (χ2v) is 6.67. The molecule has 23 heavy (non-hydrogen) atoms. The van der Waals surface area contributed by atoms with Crippen molar-refractivity contribution in [2.45, 2.75) is 43.9 Å². The molecule has 0 atom stereocenters. The Kier molecular flexibility index (Phi) is 7.39. The Bertz CT molecular complexity index is 515. The number of hydrogen-bond acceptors (Lipinski definition) is 4. The third-order valence-electron chi connectivity index (χ3n) is 3.74. The molecular formula is C17H22FNO3S. The number of carbonyl (C=O) groups is 2. The quantitative estimate of drug-likeness (QED) is 0.776. The first kappa shape index (κ1) is 17.8. The molecule has 2 rings (SSSR count). The molecule has 1 aromatic rings. The number of thioether (sulfide) groups is 1. The predicted octanol–water partition coefficient (Wildman–Crippen LogP) is 3.05. The van der Waals surface area contributed by atoms with Crippen LogP contribution in [0.5, 0.6) is 0 Å². The van der Waals surface area contributed by atoms with Gasteiger partial charge in [0.25, 0.3) is 5.91 Å². The van der Waals surface area contributed by atoms with E-state index >= 15 is 0 Å². The van der Waals surface area contributed by atoms with Gasteiger partial charge in [-0.25, -0.2) is 4.39 Å². The van der Waals surface area contributed by atoms with Crippen LogP contribution in [0.25, 0.3) is 0 Å². The van der Waals surface area contributed by atoms with Crippen LogP contribution in [0.3, 0.4) is 0 Å². The molecule has 126 valence electrons. The van der Waals surface area contributed by atoms with E-state index in [1.54, 1.807) is 12.1 Å². The standard InChI is InChI=1S/C17H22FNO3S/c18-14-8-6-13(7-9-14)11-23-12-17(21)22-10-16(20)19-15-4-2-1-3-5-15/h6-9,15H,1-5,10-12H2,(H,19,20). The average Bonchev–Trinajstić information content (AvgIpc) is 2.56. The average molecular weight is 339 g/mol. The van der Waals surface area contributed by atoms with E-state index in [1.807, 2.05) is 0 Å². The molecule has 0 spiro atoms. The highest BCUT2D eigenvalue weighted by atomic mass is 32.2. The van der Waals surface area contributed by atoms with Crippen molar-refractivity contribution in [3.63, 3.8) is 0 Å². The minimum absolute atomic E-state index is 0.175. The van der Waals surface area contributed by atoms with Crippen molar-refractivity contribution >= 4 is 23.6 Å². The number of hydrogen-bond donors (Lipinski definition) is 1. The lowest BCUT2D eigenvalue weighted by molar-refractivity contribution is -0.146. The van der Waals surface area contributed by atoms with E-state index in [0.717, 1.165) is 31.2 Å². The summed E-state index contributed by atoms with van der Waals surface area (Å²) in [6, 6.07) is 6.38. The zero-order chi connectivity index (χ0) is 16.5. The number of carbonyl (C=O) groups excluding carboxylic acids is 2. The number of benzene rings is 1. The molecule has 1 N–H and O–H groups in total. The lowest BCUT2D eigenvalue weighted by atomic mass is 9.95. The fourth-order valence-electron chi connectivity index (χ4n) is 2.54. The first-order valence-electron chi connectivity index (χ1n) is 7.90. The van der Waals surface area contributed by atoms with E-state index in [2.05, 4.69) is 5.32 Å². The molecule has 6 heteroatoms. The smallest absolute Gasteiger partial charge is 0.316 e. The van der Waals surface area contributed by atoms with Gasteiger partial charge in [-0.3, -0.25) is 9.59 Å². The van der Waals surface area contributed by atoms with Crippen molar-refractivity contribution in [1.82, 2.24) is 5.32 Å². The summed E-state index contributed by atoms with van der Waals surface area (Å²) in [5.74, 6) is -0.135. The largest absolute Gasteiger partial charge is 0.455 e. The van der Waals surface area contributed by atoms with Gasteiger partial charge in [-0.15, -0.1) is 11.8 Å². The van der Waals surface area contributed by atoms with Gasteiger partial charge < -0.3 is 10.1 Å². The molecule has 0 saturated heterocycles. The minimum Gasteiger partial charge on any atom is -0.455 e. The molecule has 0 unspecified atom stereocenters. The van der Waals surface area contributed by atoms with Gasteiger partial charge >= 0.3 is 5.97 Å². The van der Waals surface area contributed by atoms with Gasteiger partial charge in [-0.05, 0) is 30.5 Å². The summed E-state index contributed by atoms with van der Waals surface area (Å²) < 4.78 is 17.7. The van der Waals surface area contributed by atoms with E-state index in [0.29, 0.717) is 5.75 Å². The van der Waals surface area contributed by atoms with Gasteiger partial charge in [0.2, 0.25) is 0 Å². The minimum atomic E-state index is -0.407. The van der Waals surface area contributed by atoms with E-state index in [9.17, 15) is 14.0 Å². The molecule has 4 nitrogen and oxygen atoms in total. The lowest BCUT2D eigenvalue weighted by Gasteiger charge is -2.22. The molecular weight excluding hydrogens is 317 g/mol. The highest BCUT2D eigenvalue weighted by Crippen LogP contribution is 2.17. The van der Waals surface area contributed by atoms with E-state index in [-0.39, 0.29) is 30.1 Å². The SMILES string of the molecule is O=C(COC(=O)CSCc1ccc(F)cc1)NC1CCCCC1. The fraction of sp³-hybridized carbons (Fsp3) is 0.529. The van der Waals surface area contributed by atoms with Crippen LogP contribution in [0, 0.1) is 5.82 Å². The maximum atomic E-state index is 12.8. The third kappa shape index (κ3) is 7.03. The van der Waals surface area contributed by atoms with Gasteiger partial charge in [0.15, 0.2) is 6.61 Å². The van der Waals surface area contributed by atoms with Crippen LogP contribution in [0.4, 0.5) is 4.39 Å². The van der Waals surface area contributed by atoms with E-state index in [4.69, 9.17) is 4.74 Å². The van der Waals surface area contributed by atoms with Crippen molar-refractivity contribution in [2.75, 3.05) is 12.4 Å². The van der Waals surface area contributed by atoms with Crippen molar-refractivity contribution in [3.8, 4) is 0 Å². The molecule has 1 aromatic carbocycles. The van der Waals surface area contributed by atoms with Gasteiger partial charge in [0, 0.05) is 11.8 Å². The second kappa shape index (κ2) is 9.55. The second-order valence-electron chi connectivity index (χ2n) is 5.68. The Balaban J connectivity index is 1.57. The van der Waals surface area contributed by atoms with Crippen LogP contribution in [0.15, 0.2) is 24.3 Å². The summed E-state index contributed by atoms with van der Waals surface area (Å²) in [4.78, 5) is 23.3. The Morgan fingerprint density at radius 3 is 2.57 bits per heavy atom. The van der Waals surface area contributed by atoms with Crippen molar-refractivity contribution in [2.24, 2.45) is 0 Å². The normalized spacial score (nSPS) is 15.2. The van der Waals surface area contributed by atoms with Crippen LogP contribution in [0.1, 0.15) is 37.7 Å². The molecule has 1 amide bonds. The number of halogens is 1. The van der Waals surface area contributed by atoms with Gasteiger partial charge in [-0.1, -0.05) is 31.4 Å². The van der Waals surface area contributed by atoms with Crippen LogP contribution >= 0.6 is 11.8 Å². The first-order valence-corrected chi connectivity index (χ1v) is 9.06. The summed E-state index contributed by atoms with van der Waals surface area (Å²) in [6.07, 6.45) is 5.53. The molecule has 0 heterocycles. The number of ether oxygens (including phenoxy) is 1. The van der Waals surface area contributed by atoms with Gasteiger partial charge in [0.1, 0.15) is 5.82 Å². The molecule has 1 aliphatic rings. The summed E-state index contributed by atoms with van der Waals surface area (Å²) in [5.41, 5.74) is 0.944. The zero-order valence-corrected chi connectivity index (χ0v) is 13.9. The fourth-order valence-corrected chi connectivity index (χ4v) is 3.32. The summed E-state index contributed by atoms with van der Waals surface area (Å²) in [6.45, 7) is -0.216. The number of nitrogens with one attached hydrogen (secondary N) is 1. The molecule has 1 saturated carbocycles. The Morgan fingerprint density at radius 2 is 1.87 bits per heavy atom. The number of esters is 1.